The van der Waals surface area contributed by atoms with Crippen LogP contribution < -0.4 is 34.5 Å². The molecule has 7 atom stereocenters. The van der Waals surface area contributed by atoms with E-state index in [9.17, 15) is 39.5 Å². The van der Waals surface area contributed by atoms with Gasteiger partial charge in [-0.05, 0) is 12.8 Å². The Bertz CT molecular complexity index is 991. The van der Waals surface area contributed by atoms with Crippen LogP contribution in [0.25, 0.3) is 0 Å². The maximum Gasteiger partial charge on any atom is 1.00 e. The second kappa shape index (κ2) is 36.7. The quantitative estimate of drug-likeness (QED) is 0.0291. The van der Waals surface area contributed by atoms with Crippen molar-refractivity contribution in [3.05, 3.63) is 0 Å². The first-order valence-electron chi connectivity index (χ1n) is 21.8. The first-order valence-corrected chi connectivity index (χ1v) is 23.3. The van der Waals surface area contributed by atoms with E-state index < -0.39 is 76.4 Å². The van der Waals surface area contributed by atoms with Crippen molar-refractivity contribution in [2.75, 3.05) is 19.8 Å². The molecule has 0 spiro atoms. The van der Waals surface area contributed by atoms with Crippen LogP contribution in [0.5, 0.6) is 0 Å². The van der Waals surface area contributed by atoms with Crippen molar-refractivity contribution in [1.29, 1.82) is 0 Å². The summed E-state index contributed by atoms with van der Waals surface area (Å²) < 4.78 is 38.2. The summed E-state index contributed by atoms with van der Waals surface area (Å²) in [7, 11) is -5.26. The molecule has 4 N–H and O–H groups in total. The van der Waals surface area contributed by atoms with E-state index in [4.69, 9.17) is 23.3 Å². The average Bonchev–Trinajstić information content (AvgIpc) is 3.16. The van der Waals surface area contributed by atoms with E-state index >= 15 is 0 Å². The fraction of sp³-hybridized carbons (Fsp3) is 0.951. The minimum absolute atomic E-state index is 0. The molecule has 0 bridgehead atoms. The van der Waals surface area contributed by atoms with Gasteiger partial charge in [0.25, 0.3) is 7.82 Å². The van der Waals surface area contributed by atoms with E-state index in [-0.39, 0.29) is 42.4 Å². The summed E-state index contributed by atoms with van der Waals surface area (Å²) in [4.78, 5) is 37.9. The Morgan fingerprint density at radius 2 is 1.00 bits per heavy atom. The zero-order valence-electron chi connectivity index (χ0n) is 35.3. The largest absolute Gasteiger partial charge is 1.00 e. The van der Waals surface area contributed by atoms with Gasteiger partial charge in [0.2, 0.25) is 0 Å². The van der Waals surface area contributed by atoms with Gasteiger partial charge in [0.05, 0.1) is 13.2 Å². The third kappa shape index (κ3) is 29.1. The van der Waals surface area contributed by atoms with E-state index in [1.165, 1.54) is 116 Å². The fourth-order valence-corrected chi connectivity index (χ4v) is 7.52. The number of phosphoric acid groups is 1. The van der Waals surface area contributed by atoms with Crippen LogP contribution in [0.2, 0.25) is 0 Å². The second-order valence-electron chi connectivity index (χ2n) is 15.3. The number of ether oxygens (including phenoxy) is 3. The molecule has 1 aliphatic heterocycles. The SMILES string of the molecule is CCCCCCCCCCCCCCCC(=O)OC[C@H](COP(=O)([O-])O[C@@H]1O[C@H](CO)[C@H](O)[C@H](O)[C@H]1O)OC(=O)CCCCCCCCCCCCCCC.[Na+]. The van der Waals surface area contributed by atoms with Crippen LogP contribution in [0.4, 0.5) is 0 Å². The third-order valence-corrected chi connectivity index (χ3v) is 11.1. The first-order chi connectivity index (χ1) is 26.5. The zero-order valence-corrected chi connectivity index (χ0v) is 38.2. The molecule has 0 aromatic carbocycles. The van der Waals surface area contributed by atoms with Crippen LogP contribution in [0.1, 0.15) is 194 Å². The summed E-state index contributed by atoms with van der Waals surface area (Å²) in [5.41, 5.74) is 0. The molecule has 1 aliphatic rings. The molecule has 1 saturated heterocycles. The topological polar surface area (TPSA) is 201 Å². The van der Waals surface area contributed by atoms with E-state index in [2.05, 4.69) is 13.8 Å². The molecule has 1 fully saturated rings. The molecule has 0 saturated carbocycles. The average molecular weight is 833 g/mol. The van der Waals surface area contributed by atoms with Crippen molar-refractivity contribution in [2.45, 2.75) is 230 Å². The molecule has 1 rings (SSSR count). The number of aliphatic hydroxyl groups is 4. The third-order valence-electron chi connectivity index (χ3n) is 10.2. The Kier molecular flexibility index (Phi) is 36.6. The molecular weight excluding hydrogens is 754 g/mol. The summed E-state index contributed by atoms with van der Waals surface area (Å²) >= 11 is 0. The summed E-state index contributed by atoms with van der Waals surface area (Å²) in [6.07, 6.45) is 20.4. The molecule has 0 aliphatic carbocycles. The molecule has 0 amide bonds. The first kappa shape index (κ1) is 55.9. The van der Waals surface area contributed by atoms with Gasteiger partial charge in [-0.25, -0.2) is 0 Å². The Hall–Kier alpha value is -0.150. The van der Waals surface area contributed by atoms with Gasteiger partial charge in [-0.2, -0.15) is 0 Å². The molecule has 56 heavy (non-hydrogen) atoms. The predicted octanol–water partition coefficient (Wildman–Crippen LogP) is 4.71. The molecule has 0 aromatic rings. The van der Waals surface area contributed by atoms with E-state index in [1.807, 2.05) is 0 Å². The van der Waals surface area contributed by atoms with Gasteiger partial charge in [-0.15, -0.1) is 0 Å². The smallest absolute Gasteiger partial charge is 0.756 e. The van der Waals surface area contributed by atoms with Crippen LogP contribution in [0.15, 0.2) is 0 Å². The van der Waals surface area contributed by atoms with Crippen molar-refractivity contribution < 1.29 is 92.3 Å². The molecule has 13 nitrogen and oxygen atoms in total. The number of unbranched alkanes of at least 4 members (excludes halogenated alkanes) is 24. The number of rotatable bonds is 37. The van der Waals surface area contributed by atoms with Gasteiger partial charge in [0.15, 0.2) is 12.4 Å². The van der Waals surface area contributed by atoms with Crippen LogP contribution in [0, 0.1) is 0 Å². The van der Waals surface area contributed by atoms with E-state index in [1.54, 1.807) is 0 Å². The summed E-state index contributed by atoms with van der Waals surface area (Å²) in [5.74, 6) is -1.08. The Morgan fingerprint density at radius 1 is 0.607 bits per heavy atom. The van der Waals surface area contributed by atoms with Crippen LogP contribution in [-0.2, 0) is 37.4 Å². The van der Waals surface area contributed by atoms with Crippen molar-refractivity contribution in [1.82, 2.24) is 0 Å². The molecule has 0 radical (unpaired) electrons. The maximum absolute atomic E-state index is 12.7. The number of esters is 2. The van der Waals surface area contributed by atoms with Crippen molar-refractivity contribution in [2.24, 2.45) is 0 Å². The molecule has 1 heterocycles. The van der Waals surface area contributed by atoms with E-state index in [0.717, 1.165) is 38.5 Å². The second-order valence-corrected chi connectivity index (χ2v) is 16.7. The van der Waals surface area contributed by atoms with Crippen molar-refractivity contribution in [3.63, 3.8) is 0 Å². The Labute approximate surface area is 360 Å². The number of hydrogen-bond acceptors (Lipinski definition) is 13. The monoisotopic (exact) mass is 833 g/mol. The molecule has 1 unspecified atom stereocenters. The zero-order chi connectivity index (χ0) is 40.6. The minimum atomic E-state index is -5.26. The van der Waals surface area contributed by atoms with Crippen LogP contribution in [0.3, 0.4) is 0 Å². The summed E-state index contributed by atoms with van der Waals surface area (Å²) in [6, 6.07) is 0. The van der Waals surface area contributed by atoms with Crippen molar-refractivity contribution in [3.8, 4) is 0 Å². The van der Waals surface area contributed by atoms with E-state index in [0.29, 0.717) is 12.8 Å². The predicted molar refractivity (Wildman–Crippen MR) is 210 cm³/mol. The number of carbonyl (C=O) groups is 2. The summed E-state index contributed by atoms with van der Waals surface area (Å²) in [6.45, 7) is 2.50. The fourth-order valence-electron chi connectivity index (χ4n) is 6.68. The molecule has 0 aromatic heterocycles. The Morgan fingerprint density at radius 3 is 1.41 bits per heavy atom. The standard InChI is InChI=1S/C41H79O13P.Na/c1-3-5-7-9-11-13-15-17-19-21-23-25-27-29-36(43)50-32-34(33-51-55(48,49)54-41-40(47)39(46)38(45)35(31-42)53-41)52-37(44)30-28-26-24-22-20-18-16-14-12-10-8-6-4-2;/h34-35,38-42,45-47H,3-33H2,1-2H3,(H,48,49);/q;+1/p-1/t34-,35-,38+,39+,40-,41+;/m1./s1. The molecule has 15 heteroatoms. The van der Waals surface area contributed by atoms with Crippen LogP contribution >= 0.6 is 7.82 Å². The number of hydrogen-bond donors (Lipinski definition) is 4. The van der Waals surface area contributed by atoms with Gasteiger partial charge in [-0.1, -0.05) is 168 Å². The Balaban J connectivity index is 0.0000302. The van der Waals surface area contributed by atoms with Gasteiger partial charge < -0.3 is 44.1 Å². The van der Waals surface area contributed by atoms with Gasteiger partial charge in [0.1, 0.15) is 31.0 Å². The maximum atomic E-state index is 12.7. The van der Waals surface area contributed by atoms with Gasteiger partial charge in [0, 0.05) is 12.8 Å². The molecular formula is C41H78NaO13P. The number of phosphoric ester groups is 1. The minimum Gasteiger partial charge on any atom is -0.756 e. The van der Waals surface area contributed by atoms with Gasteiger partial charge in [-0.3, -0.25) is 18.7 Å². The molecule has 326 valence electrons. The summed E-state index contributed by atoms with van der Waals surface area (Å²) in [5, 5.41) is 39.4. The van der Waals surface area contributed by atoms with Crippen molar-refractivity contribution >= 4 is 19.8 Å². The van der Waals surface area contributed by atoms with Gasteiger partial charge >= 0.3 is 41.5 Å². The van der Waals surface area contributed by atoms with Crippen LogP contribution in [-0.4, -0.2) is 89.0 Å². The normalized spacial score (nSPS) is 21.2. The number of carbonyl (C=O) groups excluding carboxylic acids is 2. The number of aliphatic hydroxyl groups excluding tert-OH is 4.